The van der Waals surface area contributed by atoms with Crippen LogP contribution in [-0.4, -0.2) is 24.4 Å². The zero-order chi connectivity index (χ0) is 21.3. The molecule has 0 atom stereocenters. The minimum atomic E-state index is -0.446. The summed E-state index contributed by atoms with van der Waals surface area (Å²) in [6.45, 7) is 0. The molecule has 0 saturated heterocycles. The molecule has 3 aromatic rings. The van der Waals surface area contributed by atoms with Crippen LogP contribution in [0.5, 0.6) is 11.5 Å². The molecule has 30 heavy (non-hydrogen) atoms. The number of anilines is 1. The van der Waals surface area contributed by atoms with Crippen molar-refractivity contribution in [1.82, 2.24) is 5.43 Å². The van der Waals surface area contributed by atoms with Crippen LogP contribution < -0.4 is 20.2 Å². The highest BCUT2D eigenvalue weighted by atomic mass is 35.5. The van der Waals surface area contributed by atoms with Gasteiger partial charge in [0.1, 0.15) is 11.5 Å². The molecule has 0 spiro atoms. The molecule has 0 aliphatic heterocycles. The van der Waals surface area contributed by atoms with Crippen LogP contribution in [0.15, 0.2) is 77.9 Å². The lowest BCUT2D eigenvalue weighted by atomic mass is 10.2. The van der Waals surface area contributed by atoms with E-state index in [9.17, 15) is 4.79 Å². The average Bonchev–Trinajstić information content (AvgIpc) is 2.75. The Morgan fingerprint density at radius 1 is 1.03 bits per heavy atom. The van der Waals surface area contributed by atoms with Gasteiger partial charge in [0.25, 0.3) is 0 Å². The van der Waals surface area contributed by atoms with Gasteiger partial charge in [-0.2, -0.15) is 5.10 Å². The van der Waals surface area contributed by atoms with Crippen molar-refractivity contribution in [2.24, 2.45) is 5.10 Å². The van der Waals surface area contributed by atoms with E-state index < -0.39 is 5.97 Å². The molecule has 3 rings (SSSR count). The van der Waals surface area contributed by atoms with Crippen LogP contribution in [0.25, 0.3) is 0 Å². The van der Waals surface area contributed by atoms with E-state index in [0.29, 0.717) is 27.2 Å². The highest BCUT2D eigenvalue weighted by Crippen LogP contribution is 2.16. The van der Waals surface area contributed by atoms with Crippen molar-refractivity contribution in [1.29, 1.82) is 0 Å². The second kappa shape index (κ2) is 10.4. The fourth-order valence-electron chi connectivity index (χ4n) is 2.41. The number of carbonyl (C=O) groups excluding carboxylic acids is 1. The first-order valence-electron chi connectivity index (χ1n) is 8.85. The van der Waals surface area contributed by atoms with Crippen LogP contribution in [0.1, 0.15) is 15.9 Å². The van der Waals surface area contributed by atoms with Gasteiger partial charge in [0.05, 0.1) is 18.9 Å². The minimum absolute atomic E-state index is 0.332. The van der Waals surface area contributed by atoms with Crippen LogP contribution >= 0.6 is 23.8 Å². The van der Waals surface area contributed by atoms with Gasteiger partial charge in [-0.05, 0) is 84.5 Å². The topological polar surface area (TPSA) is 72.0 Å². The lowest BCUT2D eigenvalue weighted by molar-refractivity contribution is 0.0734. The third-order valence-electron chi connectivity index (χ3n) is 3.88. The smallest absolute Gasteiger partial charge is 0.343 e. The maximum absolute atomic E-state index is 12.2. The lowest BCUT2D eigenvalue weighted by Crippen LogP contribution is -2.23. The largest absolute Gasteiger partial charge is 0.497 e. The van der Waals surface area contributed by atoms with E-state index >= 15 is 0 Å². The standard InChI is InChI=1S/C22H18ClN3O3S/c1-28-19-11-7-16(8-12-19)21(27)29-20-9-5-15(6-10-20)14-24-26-22(30)25-18-4-2-3-17(23)13-18/h2-14H,1H3,(H2,25,26,30)/b24-14-. The number of benzene rings is 3. The molecular formula is C22H18ClN3O3S. The molecule has 8 heteroatoms. The zero-order valence-electron chi connectivity index (χ0n) is 16.0. The first-order chi connectivity index (χ1) is 14.5. The summed E-state index contributed by atoms with van der Waals surface area (Å²) in [6, 6.07) is 20.8. The quantitative estimate of drug-likeness (QED) is 0.187. The van der Waals surface area contributed by atoms with Gasteiger partial charge in [-0.15, -0.1) is 0 Å². The summed E-state index contributed by atoms with van der Waals surface area (Å²) in [6.07, 6.45) is 1.60. The van der Waals surface area contributed by atoms with Crippen molar-refractivity contribution in [3.8, 4) is 11.5 Å². The van der Waals surface area contributed by atoms with Crippen molar-refractivity contribution >= 4 is 46.8 Å². The first kappa shape index (κ1) is 21.3. The van der Waals surface area contributed by atoms with Gasteiger partial charge < -0.3 is 14.8 Å². The number of esters is 1. The summed E-state index contributed by atoms with van der Waals surface area (Å²) >= 11 is 11.1. The van der Waals surface area contributed by atoms with Crippen LogP contribution in [0.3, 0.4) is 0 Å². The Kier molecular flexibility index (Phi) is 7.37. The van der Waals surface area contributed by atoms with E-state index in [2.05, 4.69) is 15.8 Å². The molecule has 0 heterocycles. The molecule has 0 aliphatic carbocycles. The maximum atomic E-state index is 12.2. The van der Waals surface area contributed by atoms with E-state index in [1.165, 1.54) is 0 Å². The number of carbonyl (C=O) groups is 1. The molecule has 0 saturated carbocycles. The molecule has 0 aliphatic rings. The Labute approximate surface area is 184 Å². The number of hydrogen-bond acceptors (Lipinski definition) is 5. The molecule has 0 amide bonds. The van der Waals surface area contributed by atoms with Gasteiger partial charge in [-0.3, -0.25) is 5.43 Å². The van der Waals surface area contributed by atoms with Gasteiger partial charge in [-0.25, -0.2) is 4.79 Å². The lowest BCUT2D eigenvalue weighted by Gasteiger charge is -2.07. The molecule has 0 unspecified atom stereocenters. The van der Waals surface area contributed by atoms with Gasteiger partial charge in [0.15, 0.2) is 5.11 Å². The molecule has 0 aromatic heterocycles. The Morgan fingerprint density at radius 3 is 2.40 bits per heavy atom. The van der Waals surface area contributed by atoms with Gasteiger partial charge in [0.2, 0.25) is 0 Å². The molecule has 0 radical (unpaired) electrons. The summed E-state index contributed by atoms with van der Waals surface area (Å²) in [5, 5.41) is 8.00. The van der Waals surface area contributed by atoms with Crippen molar-refractivity contribution in [2.75, 3.05) is 12.4 Å². The number of methoxy groups -OCH3 is 1. The van der Waals surface area contributed by atoms with Crippen molar-refractivity contribution in [3.05, 3.63) is 88.9 Å². The monoisotopic (exact) mass is 439 g/mol. The summed E-state index contributed by atoms with van der Waals surface area (Å²) in [5.41, 5.74) is 4.73. The maximum Gasteiger partial charge on any atom is 0.343 e. The van der Waals surface area contributed by atoms with Crippen LogP contribution in [0, 0.1) is 0 Å². The number of hydrogen-bond donors (Lipinski definition) is 2. The normalized spacial score (nSPS) is 10.5. The second-order valence-corrected chi connectivity index (χ2v) is 6.87. The number of nitrogens with one attached hydrogen (secondary N) is 2. The number of hydrazone groups is 1. The molecule has 2 N–H and O–H groups in total. The Bertz CT molecular complexity index is 1050. The van der Waals surface area contributed by atoms with E-state index in [1.807, 2.05) is 12.1 Å². The van der Waals surface area contributed by atoms with Crippen molar-refractivity contribution < 1.29 is 14.3 Å². The van der Waals surface area contributed by atoms with Crippen molar-refractivity contribution in [3.63, 3.8) is 0 Å². The third kappa shape index (κ3) is 6.30. The summed E-state index contributed by atoms with van der Waals surface area (Å²) in [5.74, 6) is 0.656. The molecule has 152 valence electrons. The van der Waals surface area contributed by atoms with Gasteiger partial charge >= 0.3 is 5.97 Å². The number of thiocarbonyl (C=S) groups is 1. The molecule has 0 bridgehead atoms. The predicted octanol–water partition coefficient (Wildman–Crippen LogP) is 4.89. The number of nitrogens with zero attached hydrogens (tertiary/aromatic N) is 1. The Hall–Kier alpha value is -3.42. The van der Waals surface area contributed by atoms with E-state index in [-0.39, 0.29) is 0 Å². The highest BCUT2D eigenvalue weighted by molar-refractivity contribution is 7.80. The van der Waals surface area contributed by atoms with E-state index in [1.54, 1.807) is 74.0 Å². The van der Waals surface area contributed by atoms with Crippen molar-refractivity contribution in [2.45, 2.75) is 0 Å². The summed E-state index contributed by atoms with van der Waals surface area (Å²) < 4.78 is 10.4. The molecule has 3 aromatic carbocycles. The van der Waals surface area contributed by atoms with E-state index in [4.69, 9.17) is 33.3 Å². The number of halogens is 1. The van der Waals surface area contributed by atoms with Gasteiger partial charge in [-0.1, -0.05) is 17.7 Å². The number of ether oxygens (including phenoxy) is 2. The van der Waals surface area contributed by atoms with E-state index in [0.717, 1.165) is 11.3 Å². The minimum Gasteiger partial charge on any atom is -0.497 e. The third-order valence-corrected chi connectivity index (χ3v) is 4.31. The second-order valence-electron chi connectivity index (χ2n) is 6.02. The van der Waals surface area contributed by atoms with Crippen LogP contribution in [0.2, 0.25) is 5.02 Å². The molecule has 6 nitrogen and oxygen atoms in total. The SMILES string of the molecule is COc1ccc(C(=O)Oc2ccc(/C=N\NC(=S)Nc3cccc(Cl)c3)cc2)cc1. The predicted molar refractivity (Wildman–Crippen MR) is 123 cm³/mol. The zero-order valence-corrected chi connectivity index (χ0v) is 17.5. The van der Waals surface area contributed by atoms with Crippen LogP contribution in [0.4, 0.5) is 5.69 Å². The highest BCUT2D eigenvalue weighted by Gasteiger charge is 2.08. The fourth-order valence-corrected chi connectivity index (χ4v) is 2.77. The fraction of sp³-hybridized carbons (Fsp3) is 0.0455. The average molecular weight is 440 g/mol. The molecule has 0 fully saturated rings. The summed E-state index contributed by atoms with van der Waals surface area (Å²) in [4.78, 5) is 12.2. The number of rotatable bonds is 6. The Morgan fingerprint density at radius 2 is 1.73 bits per heavy atom. The van der Waals surface area contributed by atoms with Crippen LogP contribution in [-0.2, 0) is 0 Å². The first-order valence-corrected chi connectivity index (χ1v) is 9.64. The molecular weight excluding hydrogens is 422 g/mol. The summed E-state index contributed by atoms with van der Waals surface area (Å²) in [7, 11) is 1.57. The van der Waals surface area contributed by atoms with Gasteiger partial charge in [0, 0.05) is 10.7 Å². The Balaban J connectivity index is 1.51.